The van der Waals surface area contributed by atoms with E-state index in [4.69, 9.17) is 0 Å². The quantitative estimate of drug-likeness (QED) is 0.731. The number of nitrogens with one attached hydrogen (secondary N) is 2. The smallest absolute Gasteiger partial charge is 0.337 e. The summed E-state index contributed by atoms with van der Waals surface area (Å²) in [6.45, 7) is 4.06. The summed E-state index contributed by atoms with van der Waals surface area (Å²) in [7, 11) is -2.98. The summed E-state index contributed by atoms with van der Waals surface area (Å²) in [5.74, 6) is -1.38. The highest BCUT2D eigenvalue weighted by Gasteiger charge is 2.20. The average Bonchev–Trinajstić information content (AvgIpc) is 3.01. The molecule has 1 aromatic carbocycles. The molecule has 0 spiro atoms. The number of aromatic nitrogens is 2. The van der Waals surface area contributed by atoms with E-state index in [0.29, 0.717) is 0 Å². The molecule has 0 bridgehead atoms. The summed E-state index contributed by atoms with van der Waals surface area (Å²) in [6, 6.07) is 4.37. The number of anilines is 1. The molecule has 0 aliphatic rings. The van der Waals surface area contributed by atoms with Gasteiger partial charge in [0.05, 0.1) is 17.6 Å². The van der Waals surface area contributed by atoms with Gasteiger partial charge in [0.15, 0.2) is 5.82 Å². The minimum absolute atomic E-state index is 0.0989. The van der Waals surface area contributed by atoms with Crippen LogP contribution in [0.4, 0.5) is 10.2 Å². The molecule has 1 aromatic heterocycles. The Kier molecular flexibility index (Phi) is 5.78. The second kappa shape index (κ2) is 7.64. The number of hydrogen-bond acceptors (Lipinski definition) is 5. The summed E-state index contributed by atoms with van der Waals surface area (Å²) in [6.07, 6.45) is 1.92. The number of hydrogen-bond donors (Lipinski definition) is 2. The largest absolute Gasteiger partial charge is 0.465 e. The summed E-state index contributed by atoms with van der Waals surface area (Å²) in [4.78, 5) is 11.1. The van der Waals surface area contributed by atoms with Gasteiger partial charge in [-0.2, -0.15) is 5.10 Å². The third-order valence-corrected chi connectivity index (χ3v) is 5.03. The van der Waals surface area contributed by atoms with Crippen molar-refractivity contribution in [2.24, 2.45) is 0 Å². The molecule has 0 radical (unpaired) electrons. The molecule has 9 heteroatoms. The van der Waals surface area contributed by atoms with Crippen LogP contribution in [0.1, 0.15) is 48.7 Å². The minimum Gasteiger partial charge on any atom is -0.465 e. The molecule has 1 atom stereocenters. The van der Waals surface area contributed by atoms with Gasteiger partial charge in [-0.15, -0.1) is 0 Å². The minimum atomic E-state index is -4.11. The highest BCUT2D eigenvalue weighted by atomic mass is 32.2. The third-order valence-electron chi connectivity index (χ3n) is 3.69. The monoisotopic (exact) mass is 369 g/mol. The number of halogens is 1. The van der Waals surface area contributed by atoms with Gasteiger partial charge in [0, 0.05) is 11.8 Å². The summed E-state index contributed by atoms with van der Waals surface area (Å²) in [5.41, 5.74) is 0.608. The van der Waals surface area contributed by atoms with Gasteiger partial charge in [0.1, 0.15) is 5.82 Å². The third kappa shape index (κ3) is 4.56. The number of carbonyl (C=O) groups is 1. The van der Waals surface area contributed by atoms with Crippen LogP contribution in [0.3, 0.4) is 0 Å². The molecular formula is C16H20FN3O4S. The van der Waals surface area contributed by atoms with Crippen LogP contribution in [-0.2, 0) is 14.8 Å². The van der Waals surface area contributed by atoms with Crippen LogP contribution in [-0.4, -0.2) is 31.7 Å². The standard InChI is InChI=1S/C16H20FN3O4S/c1-4-5-10(2)14-9-15(19-18-14)20-25(22,23)13-7-11(16(21)24-3)6-12(17)8-13/h6-10H,4-5H2,1-3H3,(H2,18,19,20). The van der Waals surface area contributed by atoms with E-state index in [1.807, 2.05) is 6.92 Å². The number of rotatable bonds is 7. The van der Waals surface area contributed by atoms with Crippen molar-refractivity contribution >= 4 is 21.8 Å². The fourth-order valence-electron chi connectivity index (χ4n) is 2.38. The van der Waals surface area contributed by atoms with Crippen LogP contribution in [0, 0.1) is 5.82 Å². The van der Waals surface area contributed by atoms with Crippen molar-refractivity contribution < 1.29 is 22.3 Å². The molecule has 0 saturated carbocycles. The molecule has 136 valence electrons. The van der Waals surface area contributed by atoms with E-state index in [-0.39, 0.29) is 22.2 Å². The number of methoxy groups -OCH3 is 1. The van der Waals surface area contributed by atoms with Gasteiger partial charge < -0.3 is 4.74 Å². The van der Waals surface area contributed by atoms with Crippen LogP contribution < -0.4 is 4.72 Å². The topological polar surface area (TPSA) is 101 Å². The fraction of sp³-hybridized carbons (Fsp3) is 0.375. The number of aromatic amines is 1. The molecule has 1 unspecified atom stereocenters. The van der Waals surface area contributed by atoms with Gasteiger partial charge in [-0.3, -0.25) is 9.82 Å². The van der Waals surface area contributed by atoms with Gasteiger partial charge in [0.25, 0.3) is 10.0 Å². The molecule has 2 N–H and O–H groups in total. The maximum Gasteiger partial charge on any atom is 0.337 e. The van der Waals surface area contributed by atoms with E-state index in [9.17, 15) is 17.6 Å². The first-order valence-electron chi connectivity index (χ1n) is 7.74. The average molecular weight is 369 g/mol. The Balaban J connectivity index is 2.28. The zero-order valence-electron chi connectivity index (χ0n) is 14.2. The number of sulfonamides is 1. The number of esters is 1. The molecule has 1 heterocycles. The first kappa shape index (κ1) is 18.9. The maximum atomic E-state index is 13.7. The highest BCUT2D eigenvalue weighted by molar-refractivity contribution is 7.92. The zero-order chi connectivity index (χ0) is 18.6. The molecule has 0 aliphatic heterocycles. The fourth-order valence-corrected chi connectivity index (χ4v) is 3.43. The van der Waals surface area contributed by atoms with Crippen LogP contribution in [0.5, 0.6) is 0 Å². The summed E-state index contributed by atoms with van der Waals surface area (Å²) >= 11 is 0. The lowest BCUT2D eigenvalue weighted by molar-refractivity contribution is 0.0600. The Bertz CT molecular complexity index is 864. The van der Waals surface area contributed by atoms with E-state index >= 15 is 0 Å². The van der Waals surface area contributed by atoms with Crippen LogP contribution in [0.2, 0.25) is 0 Å². The first-order chi connectivity index (χ1) is 11.8. The highest BCUT2D eigenvalue weighted by Crippen LogP contribution is 2.23. The van der Waals surface area contributed by atoms with Gasteiger partial charge in [-0.05, 0) is 30.5 Å². The maximum absolute atomic E-state index is 13.7. The number of benzene rings is 1. The van der Waals surface area contributed by atoms with Crippen LogP contribution >= 0.6 is 0 Å². The van der Waals surface area contributed by atoms with Gasteiger partial charge in [-0.25, -0.2) is 17.6 Å². The first-order valence-corrected chi connectivity index (χ1v) is 9.22. The van der Waals surface area contributed by atoms with Crippen molar-refractivity contribution in [3.05, 3.63) is 41.3 Å². The number of carbonyl (C=O) groups excluding carboxylic acids is 1. The molecule has 7 nitrogen and oxygen atoms in total. The lowest BCUT2D eigenvalue weighted by Crippen LogP contribution is -2.15. The van der Waals surface area contributed by atoms with Crippen LogP contribution in [0.15, 0.2) is 29.2 Å². The molecule has 0 aliphatic carbocycles. The molecule has 0 fully saturated rings. The van der Waals surface area contributed by atoms with E-state index in [1.165, 1.54) is 0 Å². The molecule has 0 saturated heterocycles. The van der Waals surface area contributed by atoms with Crippen molar-refractivity contribution in [2.45, 2.75) is 37.5 Å². The predicted molar refractivity (Wildman–Crippen MR) is 90.5 cm³/mol. The van der Waals surface area contributed by atoms with Crippen molar-refractivity contribution in [3.63, 3.8) is 0 Å². The molecule has 2 aromatic rings. The van der Waals surface area contributed by atoms with E-state index in [1.54, 1.807) is 6.07 Å². The Morgan fingerprint density at radius 3 is 2.72 bits per heavy atom. The molecule has 2 rings (SSSR count). The van der Waals surface area contributed by atoms with Crippen LogP contribution in [0.25, 0.3) is 0 Å². The second-order valence-electron chi connectivity index (χ2n) is 5.67. The molecular weight excluding hydrogens is 349 g/mol. The van der Waals surface area contributed by atoms with Crippen molar-refractivity contribution in [1.82, 2.24) is 10.2 Å². The zero-order valence-corrected chi connectivity index (χ0v) is 15.0. The Morgan fingerprint density at radius 2 is 2.08 bits per heavy atom. The lowest BCUT2D eigenvalue weighted by atomic mass is 10.0. The van der Waals surface area contributed by atoms with Gasteiger partial charge in [-0.1, -0.05) is 20.3 Å². The predicted octanol–water partition coefficient (Wildman–Crippen LogP) is 3.04. The van der Waals surface area contributed by atoms with E-state index < -0.39 is 21.8 Å². The molecule has 25 heavy (non-hydrogen) atoms. The number of H-pyrrole nitrogens is 1. The van der Waals surface area contributed by atoms with Gasteiger partial charge >= 0.3 is 5.97 Å². The van der Waals surface area contributed by atoms with Gasteiger partial charge in [0.2, 0.25) is 0 Å². The Morgan fingerprint density at radius 1 is 1.36 bits per heavy atom. The summed E-state index contributed by atoms with van der Waals surface area (Å²) < 4.78 is 45.3. The molecule has 0 amide bonds. The van der Waals surface area contributed by atoms with Crippen molar-refractivity contribution in [2.75, 3.05) is 11.8 Å². The Hall–Kier alpha value is -2.42. The van der Waals surface area contributed by atoms with Crippen molar-refractivity contribution in [1.29, 1.82) is 0 Å². The normalized spacial score (nSPS) is 12.6. The van der Waals surface area contributed by atoms with Crippen molar-refractivity contribution in [3.8, 4) is 0 Å². The number of ether oxygens (including phenoxy) is 1. The number of nitrogens with zero attached hydrogens (tertiary/aromatic N) is 1. The van der Waals surface area contributed by atoms with E-state index in [2.05, 4.69) is 26.6 Å². The second-order valence-corrected chi connectivity index (χ2v) is 7.35. The Labute approximate surface area is 145 Å². The summed E-state index contributed by atoms with van der Waals surface area (Å²) in [5, 5.41) is 6.72. The SMILES string of the molecule is CCCC(C)c1cc(NS(=O)(=O)c2cc(F)cc(C(=O)OC)c2)n[nH]1. The lowest BCUT2D eigenvalue weighted by Gasteiger charge is -2.08. The van der Waals surface area contributed by atoms with E-state index in [0.717, 1.165) is 43.8 Å².